The summed E-state index contributed by atoms with van der Waals surface area (Å²) in [5, 5.41) is 12.7. The number of alkyl halides is 3. The molecule has 2 N–H and O–H groups in total. The Morgan fingerprint density at radius 1 is 1.44 bits per heavy atom. The third kappa shape index (κ3) is 3.51. The van der Waals surface area contributed by atoms with E-state index in [0.29, 0.717) is 6.42 Å². The summed E-state index contributed by atoms with van der Waals surface area (Å²) in [5.74, 6) is -0.787. The van der Waals surface area contributed by atoms with Gasteiger partial charge in [-0.15, -0.1) is 11.3 Å². The SMILES string of the molecule is CNC(=O)c1csc2c(C(F)(F)F)c(C)c(O[C@H]3CCN(C(=O)O)C3)nc12. The maximum Gasteiger partial charge on any atom is 0.418 e. The molecule has 0 aromatic carbocycles. The van der Waals surface area contributed by atoms with Crippen LogP contribution in [0.1, 0.15) is 27.9 Å². The first-order valence-corrected chi connectivity index (χ1v) is 8.87. The van der Waals surface area contributed by atoms with Crippen molar-refractivity contribution in [3.63, 3.8) is 0 Å². The molecule has 2 amide bonds. The second-order valence-electron chi connectivity index (χ2n) is 6.08. The van der Waals surface area contributed by atoms with Crippen molar-refractivity contribution in [2.45, 2.75) is 25.6 Å². The van der Waals surface area contributed by atoms with Crippen molar-refractivity contribution in [3.8, 4) is 5.88 Å². The van der Waals surface area contributed by atoms with E-state index >= 15 is 0 Å². The van der Waals surface area contributed by atoms with Crippen molar-refractivity contribution >= 4 is 33.6 Å². The van der Waals surface area contributed by atoms with Gasteiger partial charge in [0.25, 0.3) is 5.91 Å². The van der Waals surface area contributed by atoms with E-state index in [2.05, 4.69) is 10.3 Å². The lowest BCUT2D eigenvalue weighted by Crippen LogP contribution is -2.29. The highest BCUT2D eigenvalue weighted by molar-refractivity contribution is 7.17. The first kappa shape index (κ1) is 19.2. The Balaban J connectivity index is 2.08. The molecule has 0 bridgehead atoms. The fourth-order valence-corrected chi connectivity index (χ4v) is 4.12. The number of fused-ring (bicyclic) bond motifs is 1. The highest BCUT2D eigenvalue weighted by Crippen LogP contribution is 2.43. The van der Waals surface area contributed by atoms with Gasteiger partial charge in [0, 0.05) is 31.0 Å². The van der Waals surface area contributed by atoms with Gasteiger partial charge in [-0.05, 0) is 6.92 Å². The van der Waals surface area contributed by atoms with E-state index < -0.39 is 29.8 Å². The number of ether oxygens (including phenoxy) is 1. The molecular formula is C16H16F3N3O4S. The van der Waals surface area contributed by atoms with Crippen LogP contribution in [0.2, 0.25) is 0 Å². The van der Waals surface area contributed by atoms with Crippen LogP contribution in [0.5, 0.6) is 5.88 Å². The van der Waals surface area contributed by atoms with Gasteiger partial charge in [-0.25, -0.2) is 9.78 Å². The van der Waals surface area contributed by atoms with Crippen LogP contribution in [0.3, 0.4) is 0 Å². The van der Waals surface area contributed by atoms with Gasteiger partial charge in [0.2, 0.25) is 5.88 Å². The Labute approximate surface area is 155 Å². The third-order valence-corrected chi connectivity index (χ3v) is 5.34. The van der Waals surface area contributed by atoms with Crippen molar-refractivity contribution in [1.29, 1.82) is 0 Å². The number of carbonyl (C=O) groups excluding carboxylic acids is 1. The van der Waals surface area contributed by atoms with Gasteiger partial charge in [0.1, 0.15) is 6.10 Å². The smallest absolute Gasteiger partial charge is 0.418 e. The Bertz CT molecular complexity index is 912. The molecule has 1 aliphatic rings. The Morgan fingerprint density at radius 3 is 2.70 bits per heavy atom. The molecule has 0 saturated carbocycles. The van der Waals surface area contributed by atoms with E-state index in [0.717, 1.165) is 16.2 Å². The molecule has 3 heterocycles. The Hall–Kier alpha value is -2.56. The van der Waals surface area contributed by atoms with Gasteiger partial charge in [-0.3, -0.25) is 4.79 Å². The quantitative estimate of drug-likeness (QED) is 0.822. The molecule has 27 heavy (non-hydrogen) atoms. The first-order valence-electron chi connectivity index (χ1n) is 7.99. The average Bonchev–Trinajstić information content (AvgIpc) is 3.20. The summed E-state index contributed by atoms with van der Waals surface area (Å²) < 4.78 is 46.5. The fraction of sp³-hybridized carbons (Fsp3) is 0.438. The number of likely N-dealkylation sites (tertiary alicyclic amines) is 1. The monoisotopic (exact) mass is 403 g/mol. The van der Waals surface area contributed by atoms with Crippen LogP contribution in [0.4, 0.5) is 18.0 Å². The normalized spacial score (nSPS) is 17.4. The van der Waals surface area contributed by atoms with Gasteiger partial charge in [-0.1, -0.05) is 0 Å². The summed E-state index contributed by atoms with van der Waals surface area (Å²) in [7, 11) is 1.38. The summed E-state index contributed by atoms with van der Waals surface area (Å²) in [4.78, 5) is 28.3. The number of nitrogens with one attached hydrogen (secondary N) is 1. The van der Waals surface area contributed by atoms with Gasteiger partial charge in [0.05, 0.1) is 27.9 Å². The molecule has 2 aromatic heterocycles. The fourth-order valence-electron chi connectivity index (χ4n) is 3.01. The van der Waals surface area contributed by atoms with Crippen LogP contribution >= 0.6 is 11.3 Å². The zero-order chi connectivity index (χ0) is 19.9. The molecule has 0 aliphatic carbocycles. The lowest BCUT2D eigenvalue weighted by atomic mass is 10.1. The lowest BCUT2D eigenvalue weighted by molar-refractivity contribution is -0.136. The number of rotatable bonds is 3. The number of carboxylic acid groups (broad SMARTS) is 1. The topological polar surface area (TPSA) is 91.8 Å². The van der Waals surface area contributed by atoms with Crippen molar-refractivity contribution in [2.24, 2.45) is 0 Å². The van der Waals surface area contributed by atoms with Crippen molar-refractivity contribution < 1.29 is 32.6 Å². The zero-order valence-electron chi connectivity index (χ0n) is 14.4. The number of hydrogen-bond acceptors (Lipinski definition) is 5. The first-order chi connectivity index (χ1) is 12.6. The predicted octanol–water partition coefficient (Wildman–Crippen LogP) is 3.11. The minimum Gasteiger partial charge on any atom is -0.472 e. The largest absolute Gasteiger partial charge is 0.472 e. The maximum atomic E-state index is 13.7. The zero-order valence-corrected chi connectivity index (χ0v) is 15.2. The molecule has 0 spiro atoms. The summed E-state index contributed by atoms with van der Waals surface area (Å²) in [6.07, 6.45) is -6.03. The van der Waals surface area contributed by atoms with Crippen LogP contribution in [0.25, 0.3) is 10.2 Å². The van der Waals surface area contributed by atoms with E-state index in [4.69, 9.17) is 9.84 Å². The maximum absolute atomic E-state index is 13.7. The number of amides is 2. The van der Waals surface area contributed by atoms with Crippen LogP contribution in [0.15, 0.2) is 5.38 Å². The van der Waals surface area contributed by atoms with Crippen molar-refractivity contribution in [3.05, 3.63) is 22.1 Å². The number of nitrogens with zero attached hydrogens (tertiary/aromatic N) is 2. The number of thiophene rings is 1. The van der Waals surface area contributed by atoms with E-state index in [1.807, 2.05) is 0 Å². The van der Waals surface area contributed by atoms with Crippen LogP contribution in [0, 0.1) is 6.92 Å². The highest BCUT2D eigenvalue weighted by Gasteiger charge is 2.39. The number of hydrogen-bond donors (Lipinski definition) is 2. The molecule has 7 nitrogen and oxygen atoms in total. The summed E-state index contributed by atoms with van der Waals surface area (Å²) in [5.41, 5.74) is -1.13. The minimum atomic E-state index is -4.66. The lowest BCUT2D eigenvalue weighted by Gasteiger charge is -2.18. The second kappa shape index (κ2) is 6.87. The second-order valence-corrected chi connectivity index (χ2v) is 6.96. The van der Waals surface area contributed by atoms with Gasteiger partial charge < -0.3 is 20.1 Å². The molecule has 3 rings (SSSR count). The summed E-state index contributed by atoms with van der Waals surface area (Å²) in [6.45, 7) is 1.53. The molecule has 11 heteroatoms. The Kier molecular flexibility index (Phi) is 4.89. The van der Waals surface area contributed by atoms with Gasteiger partial charge in [0.15, 0.2) is 0 Å². The molecule has 0 unspecified atom stereocenters. The minimum absolute atomic E-state index is 0.0337. The summed E-state index contributed by atoms with van der Waals surface area (Å²) in [6, 6.07) is 0. The number of carbonyl (C=O) groups is 2. The van der Waals surface area contributed by atoms with Crippen molar-refractivity contribution in [1.82, 2.24) is 15.2 Å². The highest BCUT2D eigenvalue weighted by atomic mass is 32.1. The molecule has 1 saturated heterocycles. The van der Waals surface area contributed by atoms with Gasteiger partial charge >= 0.3 is 12.3 Å². The summed E-state index contributed by atoms with van der Waals surface area (Å²) >= 11 is 0.796. The van der Waals surface area contributed by atoms with Crippen LogP contribution < -0.4 is 10.1 Å². The van der Waals surface area contributed by atoms with E-state index in [-0.39, 0.29) is 40.3 Å². The van der Waals surface area contributed by atoms with Crippen LogP contribution in [-0.4, -0.2) is 53.2 Å². The van der Waals surface area contributed by atoms with Crippen molar-refractivity contribution in [2.75, 3.05) is 20.1 Å². The van der Waals surface area contributed by atoms with Crippen LogP contribution in [-0.2, 0) is 6.18 Å². The molecule has 1 atom stereocenters. The molecular weight excluding hydrogens is 387 g/mol. The van der Waals surface area contributed by atoms with E-state index in [1.165, 1.54) is 19.4 Å². The standard InChI is InChI=1S/C16H16F3N3O4S/c1-7-10(16(17,18)19)12-11(9(6-27-12)13(23)20-2)21-14(7)26-8-3-4-22(5-8)15(24)25/h6,8H,3-5H2,1-2H3,(H,20,23)(H,24,25)/t8-/m0/s1. The van der Waals surface area contributed by atoms with Gasteiger partial charge in [-0.2, -0.15) is 13.2 Å². The van der Waals surface area contributed by atoms with E-state index in [9.17, 15) is 22.8 Å². The molecule has 146 valence electrons. The number of aromatic nitrogens is 1. The number of halogens is 3. The number of pyridine rings is 1. The third-order valence-electron chi connectivity index (χ3n) is 4.35. The van der Waals surface area contributed by atoms with E-state index in [1.54, 1.807) is 0 Å². The molecule has 1 aliphatic heterocycles. The molecule has 1 fully saturated rings. The molecule has 0 radical (unpaired) electrons. The average molecular weight is 403 g/mol. The Morgan fingerprint density at radius 2 is 2.15 bits per heavy atom. The predicted molar refractivity (Wildman–Crippen MR) is 91.4 cm³/mol. The molecule has 2 aromatic rings.